The molecule has 1 amide bonds. The van der Waals surface area contributed by atoms with E-state index >= 15 is 0 Å². The molecule has 0 aromatic heterocycles. The zero-order chi connectivity index (χ0) is 29.2. The summed E-state index contributed by atoms with van der Waals surface area (Å²) in [6.07, 6.45) is 3.51. The third-order valence-electron chi connectivity index (χ3n) is 6.82. The second-order valence-corrected chi connectivity index (χ2v) is 10.8. The molecule has 13 heteroatoms. The normalized spacial score (nSPS) is 18.8. The molecule has 9 nitrogen and oxygen atoms in total. The van der Waals surface area contributed by atoms with Crippen molar-refractivity contribution >= 4 is 17.7 Å². The van der Waals surface area contributed by atoms with Crippen molar-refractivity contribution in [3.63, 3.8) is 0 Å². The monoisotopic (exact) mass is 573 g/mol. The maximum Gasteiger partial charge on any atom is 0.405 e. The number of carbonyl (C=O) groups excluding carboxylic acids is 1. The molecule has 0 fully saturated rings. The molecule has 2 aliphatic rings. The van der Waals surface area contributed by atoms with E-state index in [1.165, 1.54) is 6.26 Å². The number of hydrogen-bond acceptors (Lipinski definition) is 9. The number of alkyl halides is 3. The molecule has 0 spiro atoms. The van der Waals surface area contributed by atoms with Crippen molar-refractivity contribution in [3.8, 4) is 0 Å². The van der Waals surface area contributed by atoms with Gasteiger partial charge in [-0.15, -0.1) is 0 Å². The Balaban J connectivity index is 1.98. The fourth-order valence-electron chi connectivity index (χ4n) is 4.15. The predicted molar refractivity (Wildman–Crippen MR) is 151 cm³/mol. The lowest BCUT2D eigenvalue weighted by atomic mass is 9.74. The first-order chi connectivity index (χ1) is 18.3. The number of likely N-dealkylation sites (N-methyl/N-ethyl adjacent to an activating group) is 1. The summed E-state index contributed by atoms with van der Waals surface area (Å²) in [5.74, 6) is 1.09. The molecule has 2 unspecified atom stereocenters. The van der Waals surface area contributed by atoms with Gasteiger partial charge in [0.1, 0.15) is 18.5 Å². The minimum atomic E-state index is -4.34. The lowest BCUT2D eigenvalue weighted by molar-refractivity contribution is -0.123. The Kier molecular flexibility index (Phi) is 12.1. The quantitative estimate of drug-likeness (QED) is 0.164. The number of ether oxygens (including phenoxy) is 1. The zero-order valence-electron chi connectivity index (χ0n) is 23.3. The van der Waals surface area contributed by atoms with E-state index in [-0.39, 0.29) is 23.1 Å². The highest BCUT2D eigenvalue weighted by atomic mass is 32.2. The first-order valence-electron chi connectivity index (χ1n) is 12.6. The van der Waals surface area contributed by atoms with Gasteiger partial charge in [-0.3, -0.25) is 4.79 Å². The predicted octanol–water partition coefficient (Wildman–Crippen LogP) is 1.93. The molecule has 0 aliphatic carbocycles. The van der Waals surface area contributed by atoms with Crippen LogP contribution in [0.3, 0.4) is 0 Å². The van der Waals surface area contributed by atoms with Gasteiger partial charge in [-0.1, -0.05) is 32.1 Å². The maximum atomic E-state index is 13.1. The van der Waals surface area contributed by atoms with Crippen molar-refractivity contribution in [3.05, 3.63) is 59.6 Å². The van der Waals surface area contributed by atoms with E-state index in [2.05, 4.69) is 53.3 Å². The second-order valence-electron chi connectivity index (χ2n) is 9.94. The number of hydrogen-bond donors (Lipinski definition) is 6. The fraction of sp³-hybridized carbons (Fsp3) is 0.577. The molecule has 220 valence electrons. The molecule has 0 aromatic carbocycles. The molecule has 7 N–H and O–H groups in total. The van der Waals surface area contributed by atoms with E-state index in [4.69, 9.17) is 10.5 Å². The Morgan fingerprint density at radius 2 is 2.13 bits per heavy atom. The number of rotatable bonds is 15. The molecule has 2 atom stereocenters. The lowest BCUT2D eigenvalue weighted by Crippen LogP contribution is -2.41. The van der Waals surface area contributed by atoms with Gasteiger partial charge in [0, 0.05) is 51.2 Å². The van der Waals surface area contributed by atoms with Gasteiger partial charge in [0.05, 0.1) is 5.82 Å². The number of halogens is 3. The van der Waals surface area contributed by atoms with Crippen molar-refractivity contribution < 1.29 is 22.7 Å². The molecule has 2 heterocycles. The van der Waals surface area contributed by atoms with Gasteiger partial charge in [0.25, 0.3) is 5.91 Å². The highest BCUT2D eigenvalue weighted by Gasteiger charge is 2.33. The van der Waals surface area contributed by atoms with E-state index in [1.54, 1.807) is 49.1 Å². The van der Waals surface area contributed by atoms with Gasteiger partial charge in [-0.2, -0.15) is 24.9 Å². The number of carbonyl (C=O) groups is 1. The van der Waals surface area contributed by atoms with Gasteiger partial charge in [-0.25, -0.2) is 0 Å². The molecule has 39 heavy (non-hydrogen) atoms. The molecular formula is C26H42F3N7O2S. The van der Waals surface area contributed by atoms with Gasteiger partial charge < -0.3 is 42.0 Å². The Morgan fingerprint density at radius 3 is 2.74 bits per heavy atom. The highest BCUT2D eigenvalue weighted by Crippen LogP contribution is 2.35. The number of amides is 1. The average molecular weight is 574 g/mol. The van der Waals surface area contributed by atoms with Crippen LogP contribution >= 0.6 is 11.8 Å². The largest absolute Gasteiger partial charge is 0.472 e. The van der Waals surface area contributed by atoms with Gasteiger partial charge in [0.15, 0.2) is 6.23 Å². The van der Waals surface area contributed by atoms with Crippen molar-refractivity contribution in [2.45, 2.75) is 26.3 Å². The summed E-state index contributed by atoms with van der Waals surface area (Å²) < 4.78 is 43.5. The molecule has 2 rings (SSSR count). The van der Waals surface area contributed by atoms with E-state index in [9.17, 15) is 18.0 Å². The summed E-state index contributed by atoms with van der Waals surface area (Å²) in [7, 11) is 3.44. The van der Waals surface area contributed by atoms with Gasteiger partial charge in [-0.05, 0) is 36.0 Å². The lowest BCUT2D eigenvalue weighted by Gasteiger charge is -2.36. The van der Waals surface area contributed by atoms with Crippen LogP contribution in [0.2, 0.25) is 0 Å². The van der Waals surface area contributed by atoms with Crippen LogP contribution in [-0.2, 0) is 9.53 Å². The van der Waals surface area contributed by atoms with E-state index in [0.29, 0.717) is 43.1 Å². The smallest absolute Gasteiger partial charge is 0.405 e. The van der Waals surface area contributed by atoms with E-state index in [1.807, 2.05) is 0 Å². The summed E-state index contributed by atoms with van der Waals surface area (Å²) >= 11 is 1.76. The van der Waals surface area contributed by atoms with Crippen LogP contribution in [0, 0.1) is 11.3 Å². The number of nitrogens with one attached hydrogen (secondary N) is 5. The van der Waals surface area contributed by atoms with Crippen molar-refractivity contribution in [1.29, 1.82) is 0 Å². The van der Waals surface area contributed by atoms with Crippen molar-refractivity contribution in [2.75, 3.05) is 58.8 Å². The third kappa shape index (κ3) is 9.43. The Labute approximate surface area is 233 Å². The summed E-state index contributed by atoms with van der Waals surface area (Å²) in [5, 5.41) is 14.5. The average Bonchev–Trinajstić information content (AvgIpc) is 3.27. The number of dihydropyridines is 1. The number of thioether (sulfide) groups is 1. The Bertz CT molecular complexity index is 993. The van der Waals surface area contributed by atoms with Crippen LogP contribution < -0.4 is 32.3 Å². The van der Waals surface area contributed by atoms with Crippen LogP contribution in [0.4, 0.5) is 13.2 Å². The molecule has 0 saturated heterocycles. The second kappa shape index (κ2) is 14.6. The third-order valence-corrected chi connectivity index (χ3v) is 7.56. The summed E-state index contributed by atoms with van der Waals surface area (Å²) in [6, 6.07) is 0. The van der Waals surface area contributed by atoms with E-state index in [0.717, 1.165) is 11.3 Å². The molecule has 2 aliphatic heterocycles. The topological polar surface area (TPSA) is 116 Å². The minimum absolute atomic E-state index is 0.148. The van der Waals surface area contributed by atoms with Gasteiger partial charge in [0.2, 0.25) is 0 Å². The maximum absolute atomic E-state index is 13.1. The first-order valence-corrected chi connectivity index (χ1v) is 14.0. The Hall–Kier alpha value is -2.77. The standard InChI is InChI=1S/C26H42F3N7O2S/c1-17(10-30)25(2,3)19(15-39-6)11-32-13-20(12-31-4)35-23(37)21-14-38-24(36(21)5)18-7-8-33-22(9-18)34-16-26(27,28)29/h7,9,12,14,19,24,31-34H,1,8,10-11,13,15-16,30H2,2-6H3,(H,35,37)/b20-12+. The molecular weight excluding hydrogens is 531 g/mol. The number of nitrogens with two attached hydrogens (primary N) is 1. The van der Waals surface area contributed by atoms with Crippen LogP contribution in [0.15, 0.2) is 59.6 Å². The highest BCUT2D eigenvalue weighted by molar-refractivity contribution is 7.98. The van der Waals surface area contributed by atoms with Gasteiger partial charge >= 0.3 is 6.18 Å². The van der Waals surface area contributed by atoms with E-state index < -0.39 is 18.9 Å². The SMILES string of the molecule is C=C(CN)C(C)(C)C(CNC/C(=C\NC)NC(=O)C1=COC(C2=CCNC(NCC(F)(F)F)=C2)N1C)CSC. The van der Waals surface area contributed by atoms with Crippen LogP contribution in [-0.4, -0.2) is 82.0 Å². The zero-order valence-corrected chi connectivity index (χ0v) is 24.1. The molecule has 0 bridgehead atoms. The first kappa shape index (κ1) is 32.4. The molecule has 0 aromatic rings. The molecule has 0 radical (unpaired) electrons. The summed E-state index contributed by atoms with van der Waals surface area (Å²) in [4.78, 5) is 14.8. The number of nitrogens with zero attached hydrogens (tertiary/aromatic N) is 1. The summed E-state index contributed by atoms with van der Waals surface area (Å²) in [5.41, 5.74) is 8.27. The fourth-order valence-corrected chi connectivity index (χ4v) is 5.09. The van der Waals surface area contributed by atoms with Crippen LogP contribution in [0.5, 0.6) is 0 Å². The molecule has 0 saturated carbocycles. The van der Waals surface area contributed by atoms with Crippen LogP contribution in [0.1, 0.15) is 13.8 Å². The van der Waals surface area contributed by atoms with Crippen molar-refractivity contribution in [1.82, 2.24) is 31.5 Å². The Morgan fingerprint density at radius 1 is 1.41 bits per heavy atom. The summed E-state index contributed by atoms with van der Waals surface area (Å²) in [6.45, 7) is 9.18. The van der Waals surface area contributed by atoms with Crippen LogP contribution in [0.25, 0.3) is 0 Å². The minimum Gasteiger partial charge on any atom is -0.472 e. The van der Waals surface area contributed by atoms with Crippen molar-refractivity contribution in [2.24, 2.45) is 17.1 Å².